The van der Waals surface area contributed by atoms with Crippen molar-refractivity contribution in [3.05, 3.63) is 80.5 Å². The number of rotatable bonds is 8. The number of hydrogen-bond acceptors (Lipinski definition) is 10. The van der Waals surface area contributed by atoms with Crippen LogP contribution in [0.4, 0.5) is 0 Å². The summed E-state index contributed by atoms with van der Waals surface area (Å²) in [5.41, 5.74) is -1.31. The Morgan fingerprint density at radius 3 is 1.79 bits per heavy atom. The number of aliphatic hydroxyl groups excluding tert-OH is 1. The summed E-state index contributed by atoms with van der Waals surface area (Å²) < 4.78 is 21.3. The van der Waals surface area contributed by atoms with Crippen molar-refractivity contribution in [2.75, 3.05) is 13.2 Å². The highest BCUT2D eigenvalue weighted by atomic mass is 16.5. The second-order valence-corrected chi connectivity index (χ2v) is 7.08. The molecule has 0 spiro atoms. The zero-order chi connectivity index (χ0) is 24.4. The van der Waals surface area contributed by atoms with E-state index < -0.39 is 40.4 Å². The molecule has 4 rings (SSSR count). The van der Waals surface area contributed by atoms with Gasteiger partial charge < -0.3 is 38.4 Å². The molecule has 0 aliphatic heterocycles. The van der Waals surface area contributed by atoms with E-state index >= 15 is 0 Å². The highest BCUT2D eigenvalue weighted by Gasteiger charge is 2.16. The number of carbonyl (C=O) groups excluding carboxylic acids is 1. The smallest absolute Gasteiger partial charge is 0.371 e. The number of aromatic carboxylic acids is 2. The maximum absolute atomic E-state index is 12.3. The van der Waals surface area contributed by atoms with Crippen LogP contribution in [0.1, 0.15) is 21.1 Å². The summed E-state index contributed by atoms with van der Waals surface area (Å²) in [7, 11) is 0. The third-order valence-electron chi connectivity index (χ3n) is 4.71. The Balaban J connectivity index is 1.49. The van der Waals surface area contributed by atoms with E-state index in [0.29, 0.717) is 0 Å². The van der Waals surface area contributed by atoms with Crippen LogP contribution in [0, 0.1) is 0 Å². The van der Waals surface area contributed by atoms with Crippen molar-refractivity contribution in [3.8, 4) is 11.5 Å². The number of hydrogen-bond donors (Lipinski definition) is 2. The quantitative estimate of drug-likeness (QED) is 0.374. The Morgan fingerprint density at radius 1 is 0.853 bits per heavy atom. The molecule has 0 radical (unpaired) electrons. The van der Waals surface area contributed by atoms with E-state index in [1.165, 1.54) is 36.4 Å². The molecule has 2 heterocycles. The molecule has 11 nitrogen and oxygen atoms in total. The lowest BCUT2D eigenvalue weighted by atomic mass is 10.2. The van der Waals surface area contributed by atoms with Gasteiger partial charge in [-0.25, -0.2) is 4.79 Å². The monoisotopic (exact) mass is 467 g/mol. The van der Waals surface area contributed by atoms with E-state index in [1.54, 1.807) is 0 Å². The van der Waals surface area contributed by atoms with E-state index in [2.05, 4.69) is 0 Å². The fourth-order valence-corrected chi connectivity index (χ4v) is 3.22. The maximum Gasteiger partial charge on any atom is 0.371 e. The number of carboxylic acids is 2. The van der Waals surface area contributed by atoms with Crippen molar-refractivity contribution in [2.24, 2.45) is 0 Å². The lowest BCUT2D eigenvalue weighted by Gasteiger charge is -2.15. The fraction of sp³-hybridized carbons (Fsp3) is 0.130. The molecule has 2 aromatic heterocycles. The van der Waals surface area contributed by atoms with Gasteiger partial charge in [-0.15, -0.1) is 0 Å². The lowest BCUT2D eigenvalue weighted by molar-refractivity contribution is -0.257. The van der Waals surface area contributed by atoms with E-state index in [1.807, 2.05) is 0 Å². The Labute approximate surface area is 189 Å². The Morgan fingerprint density at radius 2 is 1.32 bits per heavy atom. The molecule has 0 saturated heterocycles. The zero-order valence-electron chi connectivity index (χ0n) is 17.2. The topological polar surface area (TPSA) is 177 Å². The standard InChI is InChI=1S/C23H16O11/c24-11(9-31-14-3-1-5-16-20(14)12(25)7-18(33-16)22(27)28)10-32-15-4-2-6-17-21(15)13(26)8-19(34-17)23(29)30/h1-8,11,24H,9-10H2,(H,27,28)(H,29,30)/p-1. The van der Waals surface area contributed by atoms with Crippen molar-refractivity contribution < 1.29 is 43.2 Å². The summed E-state index contributed by atoms with van der Waals surface area (Å²) in [6, 6.07) is 10.3. The van der Waals surface area contributed by atoms with Gasteiger partial charge in [-0.05, 0) is 24.3 Å². The summed E-state index contributed by atoms with van der Waals surface area (Å²) >= 11 is 0. The van der Waals surface area contributed by atoms with Crippen LogP contribution in [0.5, 0.6) is 11.5 Å². The van der Waals surface area contributed by atoms with Crippen molar-refractivity contribution in [3.63, 3.8) is 0 Å². The van der Waals surface area contributed by atoms with Crippen LogP contribution >= 0.6 is 0 Å². The van der Waals surface area contributed by atoms with E-state index in [4.69, 9.17) is 23.4 Å². The molecular weight excluding hydrogens is 452 g/mol. The molecule has 2 aromatic carbocycles. The molecule has 34 heavy (non-hydrogen) atoms. The Kier molecular flexibility index (Phi) is 6.02. The molecule has 0 bridgehead atoms. The minimum atomic E-state index is -1.64. The van der Waals surface area contributed by atoms with Crippen LogP contribution in [-0.2, 0) is 0 Å². The summed E-state index contributed by atoms with van der Waals surface area (Å²) in [5, 5.41) is 30.3. The Hall–Kier alpha value is -4.64. The van der Waals surface area contributed by atoms with Crippen LogP contribution < -0.4 is 25.4 Å². The first-order chi connectivity index (χ1) is 16.2. The lowest BCUT2D eigenvalue weighted by Crippen LogP contribution is -2.26. The molecule has 0 aliphatic rings. The van der Waals surface area contributed by atoms with E-state index in [9.17, 15) is 29.4 Å². The van der Waals surface area contributed by atoms with Gasteiger partial charge in [-0.1, -0.05) is 12.1 Å². The molecule has 0 fully saturated rings. The van der Waals surface area contributed by atoms with Crippen molar-refractivity contribution >= 4 is 33.9 Å². The zero-order valence-corrected chi connectivity index (χ0v) is 17.2. The second kappa shape index (κ2) is 9.08. The first kappa shape index (κ1) is 22.6. The highest BCUT2D eigenvalue weighted by Crippen LogP contribution is 2.25. The summed E-state index contributed by atoms with van der Waals surface area (Å²) in [5.74, 6) is -4.05. The van der Waals surface area contributed by atoms with Gasteiger partial charge in [0, 0.05) is 12.1 Å². The predicted octanol–water partition coefficient (Wildman–Crippen LogP) is 0.780. The van der Waals surface area contributed by atoms with Gasteiger partial charge in [0.15, 0.2) is 16.6 Å². The number of carbonyl (C=O) groups is 2. The minimum absolute atomic E-state index is 0.00607. The minimum Gasteiger partial charge on any atom is -0.542 e. The highest BCUT2D eigenvalue weighted by molar-refractivity contribution is 5.90. The number of carboxylic acid groups (broad SMARTS) is 2. The molecule has 0 aliphatic carbocycles. The molecule has 4 aromatic rings. The van der Waals surface area contributed by atoms with Gasteiger partial charge >= 0.3 is 5.97 Å². The first-order valence-electron chi connectivity index (χ1n) is 9.76. The largest absolute Gasteiger partial charge is 0.542 e. The van der Waals surface area contributed by atoms with Gasteiger partial charge in [0.1, 0.15) is 58.7 Å². The van der Waals surface area contributed by atoms with E-state index in [0.717, 1.165) is 12.1 Å². The molecule has 174 valence electrons. The van der Waals surface area contributed by atoms with Gasteiger partial charge in [0.25, 0.3) is 0 Å². The van der Waals surface area contributed by atoms with Crippen LogP contribution in [0.25, 0.3) is 21.9 Å². The molecule has 0 amide bonds. The summed E-state index contributed by atoms with van der Waals surface area (Å²) in [4.78, 5) is 46.7. The molecule has 1 unspecified atom stereocenters. The maximum atomic E-state index is 12.3. The van der Waals surface area contributed by atoms with Gasteiger partial charge in [0.2, 0.25) is 5.76 Å². The fourth-order valence-electron chi connectivity index (χ4n) is 3.22. The van der Waals surface area contributed by atoms with Crippen molar-refractivity contribution in [1.29, 1.82) is 0 Å². The molecule has 2 N–H and O–H groups in total. The molecule has 1 atom stereocenters. The van der Waals surface area contributed by atoms with Crippen LogP contribution in [-0.4, -0.2) is 41.5 Å². The average Bonchev–Trinajstić information content (AvgIpc) is 2.80. The van der Waals surface area contributed by atoms with Gasteiger partial charge in [0.05, 0.1) is 0 Å². The Bertz CT molecular complexity index is 1410. The number of benzene rings is 2. The third kappa shape index (κ3) is 4.45. The van der Waals surface area contributed by atoms with Crippen molar-refractivity contribution in [1.82, 2.24) is 0 Å². The second-order valence-electron chi connectivity index (χ2n) is 7.08. The predicted molar refractivity (Wildman–Crippen MR) is 113 cm³/mol. The van der Waals surface area contributed by atoms with Crippen LogP contribution in [0.15, 0.2) is 67.0 Å². The van der Waals surface area contributed by atoms with Crippen molar-refractivity contribution in [2.45, 2.75) is 6.10 Å². The average molecular weight is 467 g/mol. The van der Waals surface area contributed by atoms with Gasteiger partial charge in [-0.2, -0.15) is 0 Å². The third-order valence-corrected chi connectivity index (χ3v) is 4.71. The molecule has 11 heteroatoms. The van der Waals surface area contributed by atoms with Crippen LogP contribution in [0.3, 0.4) is 0 Å². The number of ether oxygens (including phenoxy) is 2. The first-order valence-corrected chi connectivity index (χ1v) is 9.76. The summed E-state index contributed by atoms with van der Waals surface area (Å²) in [6.45, 7) is -0.628. The van der Waals surface area contributed by atoms with E-state index in [-0.39, 0.29) is 46.7 Å². The molecular formula is C23H15O11-. The van der Waals surface area contributed by atoms with Gasteiger partial charge in [-0.3, -0.25) is 9.59 Å². The SMILES string of the molecule is O=C([O-])c1cc(=O)c2c(OCC(O)COc3cccc4oc(C(=O)O)cc(=O)c34)cccc2o1. The number of fused-ring (bicyclic) bond motifs is 2. The van der Waals surface area contributed by atoms with Crippen LogP contribution in [0.2, 0.25) is 0 Å². The molecule has 0 saturated carbocycles. The number of aliphatic hydroxyl groups is 1. The normalized spacial score (nSPS) is 11.9. The summed E-state index contributed by atoms with van der Waals surface area (Å²) in [6.07, 6.45) is -1.20.